The molecule has 0 unspecified atom stereocenters. The Hall–Kier alpha value is -3.07. The fourth-order valence-corrected chi connectivity index (χ4v) is 4.15. The fourth-order valence-electron chi connectivity index (χ4n) is 4.15. The zero-order chi connectivity index (χ0) is 17.5. The highest BCUT2D eigenvalue weighted by molar-refractivity contribution is 6.07. The van der Waals surface area contributed by atoms with Crippen LogP contribution in [0.25, 0.3) is 21.7 Å². The van der Waals surface area contributed by atoms with Crippen LogP contribution >= 0.6 is 0 Å². The predicted octanol–water partition coefficient (Wildman–Crippen LogP) is 4.56. The molecule has 0 saturated heterocycles. The molecule has 3 nitrogen and oxygen atoms in total. The van der Waals surface area contributed by atoms with Crippen molar-refractivity contribution < 1.29 is 4.79 Å². The molecule has 128 valence electrons. The van der Waals surface area contributed by atoms with Crippen molar-refractivity contribution in [2.45, 2.75) is 12.8 Å². The molecule has 2 heterocycles. The van der Waals surface area contributed by atoms with Gasteiger partial charge in [0, 0.05) is 41.7 Å². The second-order valence-corrected chi connectivity index (χ2v) is 6.95. The summed E-state index contributed by atoms with van der Waals surface area (Å²) < 4.78 is 0. The van der Waals surface area contributed by atoms with E-state index in [1.807, 2.05) is 35.2 Å². The lowest BCUT2D eigenvalue weighted by Crippen LogP contribution is -2.33. The molecule has 0 bridgehead atoms. The van der Waals surface area contributed by atoms with Crippen molar-refractivity contribution in [3.05, 3.63) is 83.6 Å². The number of benzene rings is 3. The molecule has 3 heteroatoms. The van der Waals surface area contributed by atoms with Crippen molar-refractivity contribution in [2.75, 3.05) is 13.1 Å². The maximum atomic E-state index is 13.2. The Labute approximate surface area is 152 Å². The van der Waals surface area contributed by atoms with Gasteiger partial charge in [-0.15, -0.1) is 0 Å². The Morgan fingerprint density at radius 2 is 1.54 bits per heavy atom. The van der Waals surface area contributed by atoms with Gasteiger partial charge in [-0.25, -0.2) is 0 Å². The number of hydrogen-bond acceptors (Lipinski definition) is 1. The van der Waals surface area contributed by atoms with Crippen LogP contribution in [0, 0.1) is 0 Å². The number of fused-ring (bicyclic) bond motifs is 4. The molecule has 0 radical (unpaired) electrons. The summed E-state index contributed by atoms with van der Waals surface area (Å²) in [6.45, 7) is 1.51. The molecule has 1 aliphatic heterocycles. The van der Waals surface area contributed by atoms with Crippen molar-refractivity contribution in [3.63, 3.8) is 0 Å². The highest BCUT2D eigenvalue weighted by Crippen LogP contribution is 2.27. The number of nitrogens with one attached hydrogen (secondary N) is 1. The molecule has 0 aliphatic carbocycles. The molecule has 26 heavy (non-hydrogen) atoms. The summed E-state index contributed by atoms with van der Waals surface area (Å²) in [6, 6.07) is 22.5. The topological polar surface area (TPSA) is 36.1 Å². The van der Waals surface area contributed by atoms with Crippen LogP contribution in [0.1, 0.15) is 21.6 Å². The van der Waals surface area contributed by atoms with E-state index in [1.165, 1.54) is 22.2 Å². The van der Waals surface area contributed by atoms with E-state index >= 15 is 0 Å². The lowest BCUT2D eigenvalue weighted by atomic mass is 10.0. The van der Waals surface area contributed by atoms with E-state index in [0.29, 0.717) is 0 Å². The third-order valence-electron chi connectivity index (χ3n) is 5.47. The molecule has 1 N–H and O–H groups in total. The number of nitrogens with zero attached hydrogens (tertiary/aromatic N) is 1. The zero-order valence-corrected chi connectivity index (χ0v) is 14.5. The maximum absolute atomic E-state index is 13.2. The van der Waals surface area contributed by atoms with E-state index in [4.69, 9.17) is 0 Å². The number of aromatic amines is 1. The van der Waals surface area contributed by atoms with Crippen LogP contribution in [0.2, 0.25) is 0 Å². The molecular weight excluding hydrogens is 320 g/mol. The first-order valence-electron chi connectivity index (χ1n) is 9.17. The van der Waals surface area contributed by atoms with Crippen LogP contribution in [0.3, 0.4) is 0 Å². The lowest BCUT2D eigenvalue weighted by molar-refractivity contribution is 0.0765. The van der Waals surface area contributed by atoms with E-state index in [0.717, 1.165) is 42.3 Å². The molecule has 4 aromatic rings. The monoisotopic (exact) mass is 340 g/mol. The van der Waals surface area contributed by atoms with Gasteiger partial charge in [0.25, 0.3) is 5.91 Å². The van der Waals surface area contributed by atoms with E-state index in [2.05, 4.69) is 41.4 Å². The smallest absolute Gasteiger partial charge is 0.254 e. The highest BCUT2D eigenvalue weighted by Gasteiger charge is 2.23. The van der Waals surface area contributed by atoms with E-state index < -0.39 is 0 Å². The molecule has 0 atom stereocenters. The van der Waals surface area contributed by atoms with Gasteiger partial charge in [0.1, 0.15) is 0 Å². The van der Waals surface area contributed by atoms with Gasteiger partial charge in [-0.1, -0.05) is 54.6 Å². The van der Waals surface area contributed by atoms with Crippen LogP contribution in [-0.2, 0) is 12.8 Å². The molecule has 0 fully saturated rings. The van der Waals surface area contributed by atoms with Crippen LogP contribution in [0.5, 0.6) is 0 Å². The third-order valence-corrected chi connectivity index (χ3v) is 5.47. The normalized spacial score (nSPS) is 14.4. The molecule has 0 saturated carbocycles. The number of aromatic nitrogens is 1. The average molecular weight is 340 g/mol. The van der Waals surface area contributed by atoms with E-state index in [1.54, 1.807) is 0 Å². The first-order valence-corrected chi connectivity index (χ1v) is 9.17. The standard InChI is InChI=1S/C23H20N2O/c26-23(20-10-5-7-16-6-1-2-8-17(16)20)25-14-12-19-18-9-3-4-11-21(18)24-22(19)13-15-25/h1-11,24H,12-15H2. The first kappa shape index (κ1) is 15.2. The van der Waals surface area contributed by atoms with Crippen molar-refractivity contribution in [1.29, 1.82) is 0 Å². The summed E-state index contributed by atoms with van der Waals surface area (Å²) in [5.74, 6) is 0.135. The van der Waals surface area contributed by atoms with Crippen molar-refractivity contribution in [2.24, 2.45) is 0 Å². The molecule has 1 amide bonds. The zero-order valence-electron chi connectivity index (χ0n) is 14.5. The number of H-pyrrole nitrogens is 1. The Kier molecular flexibility index (Phi) is 3.52. The Morgan fingerprint density at radius 3 is 2.46 bits per heavy atom. The summed E-state index contributed by atoms with van der Waals surface area (Å²) >= 11 is 0. The Balaban J connectivity index is 1.47. The average Bonchev–Trinajstić information content (AvgIpc) is 2.91. The third kappa shape index (κ3) is 2.39. The minimum atomic E-state index is 0.135. The number of carbonyl (C=O) groups excluding carboxylic acids is 1. The minimum absolute atomic E-state index is 0.135. The van der Waals surface area contributed by atoms with Gasteiger partial charge in [-0.2, -0.15) is 0 Å². The molecule has 1 aromatic heterocycles. The van der Waals surface area contributed by atoms with Crippen LogP contribution in [-0.4, -0.2) is 28.9 Å². The predicted molar refractivity (Wildman–Crippen MR) is 106 cm³/mol. The second-order valence-electron chi connectivity index (χ2n) is 6.95. The van der Waals surface area contributed by atoms with Gasteiger partial charge in [0.05, 0.1) is 0 Å². The fraction of sp³-hybridized carbons (Fsp3) is 0.174. The van der Waals surface area contributed by atoms with Crippen molar-refractivity contribution in [1.82, 2.24) is 9.88 Å². The van der Waals surface area contributed by atoms with Gasteiger partial charge >= 0.3 is 0 Å². The first-order chi connectivity index (χ1) is 12.8. The number of rotatable bonds is 1. The summed E-state index contributed by atoms with van der Waals surface area (Å²) in [4.78, 5) is 18.8. The van der Waals surface area contributed by atoms with Crippen molar-refractivity contribution in [3.8, 4) is 0 Å². The quantitative estimate of drug-likeness (QED) is 0.542. The molecule has 0 spiro atoms. The summed E-state index contributed by atoms with van der Waals surface area (Å²) in [5.41, 5.74) is 4.65. The van der Waals surface area contributed by atoms with Crippen molar-refractivity contribution >= 4 is 27.6 Å². The molecule has 3 aromatic carbocycles. The van der Waals surface area contributed by atoms with Gasteiger partial charge in [-0.3, -0.25) is 4.79 Å². The largest absolute Gasteiger partial charge is 0.358 e. The summed E-state index contributed by atoms with van der Waals surface area (Å²) in [7, 11) is 0. The van der Waals surface area contributed by atoms with E-state index in [9.17, 15) is 4.79 Å². The van der Waals surface area contributed by atoms with Crippen LogP contribution < -0.4 is 0 Å². The van der Waals surface area contributed by atoms with Gasteiger partial charge in [0.15, 0.2) is 0 Å². The highest BCUT2D eigenvalue weighted by atomic mass is 16.2. The van der Waals surface area contributed by atoms with Gasteiger partial charge in [-0.05, 0) is 34.9 Å². The molecular formula is C23H20N2O. The van der Waals surface area contributed by atoms with E-state index in [-0.39, 0.29) is 5.91 Å². The van der Waals surface area contributed by atoms with Crippen LogP contribution in [0.4, 0.5) is 0 Å². The number of amides is 1. The SMILES string of the molecule is O=C(c1cccc2ccccc12)N1CCc2[nH]c3ccccc3c2CC1. The second kappa shape index (κ2) is 6.03. The minimum Gasteiger partial charge on any atom is -0.358 e. The maximum Gasteiger partial charge on any atom is 0.254 e. The summed E-state index contributed by atoms with van der Waals surface area (Å²) in [5, 5.41) is 3.44. The molecule has 5 rings (SSSR count). The number of hydrogen-bond donors (Lipinski definition) is 1. The Morgan fingerprint density at radius 1 is 0.808 bits per heavy atom. The van der Waals surface area contributed by atoms with Gasteiger partial charge in [0.2, 0.25) is 0 Å². The number of carbonyl (C=O) groups is 1. The lowest BCUT2D eigenvalue weighted by Gasteiger charge is -2.21. The Bertz CT molecular complexity index is 1120. The number of para-hydroxylation sites is 1. The molecule has 1 aliphatic rings. The van der Waals surface area contributed by atoms with Gasteiger partial charge < -0.3 is 9.88 Å². The summed E-state index contributed by atoms with van der Waals surface area (Å²) in [6.07, 6.45) is 1.77. The van der Waals surface area contributed by atoms with Crippen LogP contribution in [0.15, 0.2) is 66.7 Å².